The number of hydrogen-bond donors (Lipinski definition) is 1. The number of H-pyrrole nitrogens is 1. The van der Waals surface area contributed by atoms with E-state index in [0.29, 0.717) is 10.9 Å². The number of aryl methyl sites for hydroxylation is 1. The first-order valence-corrected chi connectivity index (χ1v) is 6.00. The molecule has 0 aliphatic rings. The molecule has 0 fully saturated rings. The summed E-state index contributed by atoms with van der Waals surface area (Å²) in [6.45, 7) is 2.01. The fraction of sp³-hybridized carbons (Fsp3) is 0.0769. The molecule has 0 unspecified atom stereocenters. The van der Waals surface area contributed by atoms with Crippen molar-refractivity contribution < 1.29 is 8.78 Å². The Balaban J connectivity index is 2.23. The standard InChI is InChI=1S/C13H9F2NS/c1-7-2-3-12(17-7)11-5-8-4-9(14)6-10(15)13(8)16-11/h2-6,16H,1H3. The molecule has 3 aromatic rings. The first-order valence-electron chi connectivity index (χ1n) is 5.18. The third-order valence-corrected chi connectivity index (χ3v) is 3.68. The molecular formula is C13H9F2NS. The highest BCUT2D eigenvalue weighted by molar-refractivity contribution is 7.15. The van der Waals surface area contributed by atoms with E-state index in [0.717, 1.165) is 16.6 Å². The van der Waals surface area contributed by atoms with E-state index in [9.17, 15) is 8.78 Å². The lowest BCUT2D eigenvalue weighted by molar-refractivity contribution is 0.591. The molecule has 0 spiro atoms. The normalized spacial score (nSPS) is 11.2. The summed E-state index contributed by atoms with van der Waals surface area (Å²) in [6.07, 6.45) is 0. The van der Waals surface area contributed by atoms with Gasteiger partial charge in [-0.15, -0.1) is 11.3 Å². The van der Waals surface area contributed by atoms with Crippen LogP contribution in [-0.4, -0.2) is 4.98 Å². The van der Waals surface area contributed by atoms with Crippen LogP contribution in [0.5, 0.6) is 0 Å². The number of fused-ring (bicyclic) bond motifs is 1. The van der Waals surface area contributed by atoms with E-state index < -0.39 is 11.6 Å². The second-order valence-electron chi connectivity index (χ2n) is 3.95. The molecule has 0 saturated heterocycles. The molecular weight excluding hydrogens is 240 g/mol. The van der Waals surface area contributed by atoms with Crippen LogP contribution < -0.4 is 0 Å². The molecule has 0 aliphatic carbocycles. The number of rotatable bonds is 1. The first-order chi connectivity index (χ1) is 8.13. The van der Waals surface area contributed by atoms with Crippen molar-refractivity contribution in [3.8, 4) is 10.6 Å². The minimum atomic E-state index is -0.556. The zero-order valence-corrected chi connectivity index (χ0v) is 9.87. The molecule has 0 amide bonds. The zero-order valence-electron chi connectivity index (χ0n) is 9.05. The van der Waals surface area contributed by atoms with Crippen molar-refractivity contribution in [1.29, 1.82) is 0 Å². The van der Waals surface area contributed by atoms with E-state index >= 15 is 0 Å². The van der Waals surface area contributed by atoms with E-state index in [-0.39, 0.29) is 0 Å². The van der Waals surface area contributed by atoms with Crippen LogP contribution in [0.15, 0.2) is 30.3 Å². The second kappa shape index (κ2) is 3.67. The lowest BCUT2D eigenvalue weighted by Gasteiger charge is -1.92. The Kier molecular flexibility index (Phi) is 2.26. The van der Waals surface area contributed by atoms with Gasteiger partial charge in [-0.1, -0.05) is 0 Å². The Morgan fingerprint density at radius 3 is 2.65 bits per heavy atom. The number of halogens is 2. The maximum absolute atomic E-state index is 13.5. The smallest absolute Gasteiger partial charge is 0.150 e. The monoisotopic (exact) mass is 249 g/mol. The van der Waals surface area contributed by atoms with E-state index in [1.165, 1.54) is 10.9 Å². The predicted octanol–water partition coefficient (Wildman–Crippen LogP) is 4.48. The minimum Gasteiger partial charge on any atom is -0.351 e. The quantitative estimate of drug-likeness (QED) is 0.654. The largest absolute Gasteiger partial charge is 0.351 e. The summed E-state index contributed by atoms with van der Waals surface area (Å²) in [5.41, 5.74) is 1.18. The number of aromatic amines is 1. The molecule has 4 heteroatoms. The van der Waals surface area contributed by atoms with Crippen LogP contribution in [-0.2, 0) is 0 Å². The van der Waals surface area contributed by atoms with Crippen molar-refractivity contribution >= 4 is 22.2 Å². The fourth-order valence-electron chi connectivity index (χ4n) is 1.88. The van der Waals surface area contributed by atoms with Crippen molar-refractivity contribution in [3.63, 3.8) is 0 Å². The van der Waals surface area contributed by atoms with Crippen LogP contribution in [0.25, 0.3) is 21.5 Å². The number of nitrogens with one attached hydrogen (secondary N) is 1. The Morgan fingerprint density at radius 2 is 1.94 bits per heavy atom. The number of benzene rings is 1. The summed E-state index contributed by atoms with van der Waals surface area (Å²) < 4.78 is 26.6. The first kappa shape index (κ1) is 10.5. The molecule has 0 aliphatic heterocycles. The number of hydrogen-bond acceptors (Lipinski definition) is 1. The van der Waals surface area contributed by atoms with Gasteiger partial charge < -0.3 is 4.98 Å². The summed E-state index contributed by atoms with van der Waals surface area (Å²) in [5, 5.41) is 0.559. The van der Waals surface area contributed by atoms with Gasteiger partial charge in [0.05, 0.1) is 16.1 Å². The SMILES string of the molecule is Cc1ccc(-c2cc3cc(F)cc(F)c3[nH]2)s1. The third kappa shape index (κ3) is 1.74. The molecule has 0 saturated carbocycles. The van der Waals surface area contributed by atoms with Gasteiger partial charge in [-0.3, -0.25) is 0 Å². The van der Waals surface area contributed by atoms with Crippen LogP contribution in [0.2, 0.25) is 0 Å². The number of thiophene rings is 1. The predicted molar refractivity (Wildman–Crippen MR) is 66.3 cm³/mol. The Bertz CT molecular complexity index is 697. The van der Waals surface area contributed by atoms with Gasteiger partial charge in [0.2, 0.25) is 0 Å². The molecule has 2 heterocycles. The Labute approximate surface area is 101 Å². The second-order valence-corrected chi connectivity index (χ2v) is 5.23. The Morgan fingerprint density at radius 1 is 1.12 bits per heavy atom. The van der Waals surface area contributed by atoms with E-state index in [2.05, 4.69) is 4.98 Å². The van der Waals surface area contributed by atoms with Crippen molar-refractivity contribution in [2.45, 2.75) is 6.92 Å². The van der Waals surface area contributed by atoms with Crippen LogP contribution >= 0.6 is 11.3 Å². The molecule has 2 aromatic heterocycles. The summed E-state index contributed by atoms with van der Waals surface area (Å²) in [6, 6.07) is 7.97. The molecule has 3 rings (SSSR count). The Hall–Kier alpha value is -1.68. The van der Waals surface area contributed by atoms with Crippen LogP contribution in [0.4, 0.5) is 8.78 Å². The van der Waals surface area contributed by atoms with Gasteiger partial charge in [-0.25, -0.2) is 8.78 Å². The van der Waals surface area contributed by atoms with Gasteiger partial charge in [-0.05, 0) is 31.2 Å². The fourth-order valence-corrected chi connectivity index (χ4v) is 2.72. The minimum absolute atomic E-state index is 0.354. The van der Waals surface area contributed by atoms with E-state index in [4.69, 9.17) is 0 Å². The molecule has 17 heavy (non-hydrogen) atoms. The van der Waals surface area contributed by atoms with Crippen molar-refractivity contribution in [2.24, 2.45) is 0 Å². The van der Waals surface area contributed by atoms with Crippen LogP contribution in [0, 0.1) is 18.6 Å². The summed E-state index contributed by atoms with van der Waals surface area (Å²) in [5.74, 6) is -1.11. The lowest BCUT2D eigenvalue weighted by atomic mass is 10.2. The van der Waals surface area contributed by atoms with E-state index in [1.807, 2.05) is 19.1 Å². The van der Waals surface area contributed by atoms with Gasteiger partial charge >= 0.3 is 0 Å². The highest BCUT2D eigenvalue weighted by Gasteiger charge is 2.10. The van der Waals surface area contributed by atoms with Gasteiger partial charge in [0.1, 0.15) is 11.6 Å². The maximum Gasteiger partial charge on any atom is 0.150 e. The summed E-state index contributed by atoms with van der Waals surface area (Å²) in [7, 11) is 0. The summed E-state index contributed by atoms with van der Waals surface area (Å²) >= 11 is 1.62. The summed E-state index contributed by atoms with van der Waals surface area (Å²) in [4.78, 5) is 5.20. The molecule has 1 nitrogen and oxygen atoms in total. The lowest BCUT2D eigenvalue weighted by Crippen LogP contribution is -1.80. The molecule has 1 N–H and O–H groups in total. The van der Waals surface area contributed by atoms with Crippen molar-refractivity contribution in [3.05, 3.63) is 46.8 Å². The van der Waals surface area contributed by atoms with Gasteiger partial charge in [0.15, 0.2) is 0 Å². The van der Waals surface area contributed by atoms with Gasteiger partial charge in [-0.2, -0.15) is 0 Å². The van der Waals surface area contributed by atoms with Crippen LogP contribution in [0.1, 0.15) is 4.88 Å². The molecule has 0 atom stereocenters. The zero-order chi connectivity index (χ0) is 12.0. The molecule has 0 radical (unpaired) electrons. The van der Waals surface area contributed by atoms with Crippen LogP contribution in [0.3, 0.4) is 0 Å². The number of aromatic nitrogens is 1. The molecule has 86 valence electrons. The topological polar surface area (TPSA) is 15.8 Å². The maximum atomic E-state index is 13.5. The van der Waals surface area contributed by atoms with Gasteiger partial charge in [0, 0.05) is 16.3 Å². The third-order valence-electron chi connectivity index (χ3n) is 2.65. The van der Waals surface area contributed by atoms with Gasteiger partial charge in [0.25, 0.3) is 0 Å². The van der Waals surface area contributed by atoms with E-state index in [1.54, 1.807) is 17.4 Å². The average Bonchev–Trinajstić information content (AvgIpc) is 2.83. The van der Waals surface area contributed by atoms with Crippen molar-refractivity contribution in [2.75, 3.05) is 0 Å². The molecule has 0 bridgehead atoms. The highest BCUT2D eigenvalue weighted by atomic mass is 32.1. The average molecular weight is 249 g/mol. The molecule has 1 aromatic carbocycles. The van der Waals surface area contributed by atoms with Crippen molar-refractivity contribution in [1.82, 2.24) is 4.98 Å². The highest BCUT2D eigenvalue weighted by Crippen LogP contribution is 2.30.